The van der Waals surface area contributed by atoms with Crippen molar-refractivity contribution in [1.82, 2.24) is 14.9 Å². The molecule has 7 nitrogen and oxygen atoms in total. The zero-order valence-corrected chi connectivity index (χ0v) is 20.4. The van der Waals surface area contributed by atoms with E-state index in [-0.39, 0.29) is 5.78 Å². The molecule has 3 aromatic heterocycles. The third-order valence-electron chi connectivity index (χ3n) is 7.04. The Balaban J connectivity index is 1.01. The molecule has 0 bridgehead atoms. The lowest BCUT2D eigenvalue weighted by atomic mass is 9.94. The summed E-state index contributed by atoms with van der Waals surface area (Å²) in [7, 11) is 0. The molecule has 1 unspecified atom stereocenters. The topological polar surface area (TPSA) is 87.7 Å². The number of carbonyl (C=O) groups excluding carboxylic acids is 1. The van der Waals surface area contributed by atoms with Crippen LogP contribution < -0.4 is 10.6 Å². The Morgan fingerprint density at radius 3 is 2.77 bits per heavy atom. The van der Waals surface area contributed by atoms with Crippen LogP contribution in [0.3, 0.4) is 0 Å². The molecule has 0 spiro atoms. The van der Waals surface area contributed by atoms with Crippen LogP contribution in [0.25, 0.3) is 21.0 Å². The number of Topliss-reactive ketones (excluding diaryl/α,β-unsaturated/α-hetero) is 1. The zero-order valence-electron chi connectivity index (χ0n) is 19.6. The highest BCUT2D eigenvalue weighted by Gasteiger charge is 2.31. The van der Waals surface area contributed by atoms with Gasteiger partial charge in [-0.1, -0.05) is 18.2 Å². The molecule has 1 aromatic carbocycles. The number of aliphatic imine (C=N–C) groups is 1. The number of anilines is 1. The van der Waals surface area contributed by atoms with Crippen molar-refractivity contribution in [3.8, 4) is 0 Å². The van der Waals surface area contributed by atoms with E-state index >= 15 is 0 Å². The molecule has 0 radical (unpaired) electrons. The molecule has 2 aliphatic rings. The quantitative estimate of drug-likeness (QED) is 0.407. The van der Waals surface area contributed by atoms with Crippen LogP contribution in [0.15, 0.2) is 59.9 Å². The summed E-state index contributed by atoms with van der Waals surface area (Å²) in [5.41, 5.74) is 8.84. The molecule has 8 heteroatoms. The fraction of sp³-hybridized carbons (Fsp3) is 0.333. The van der Waals surface area contributed by atoms with Crippen molar-refractivity contribution in [2.45, 2.75) is 25.3 Å². The average Bonchev–Trinajstić information content (AvgIpc) is 3.28. The molecule has 35 heavy (non-hydrogen) atoms. The Labute approximate surface area is 208 Å². The maximum Gasteiger partial charge on any atom is 0.188 e. The van der Waals surface area contributed by atoms with E-state index in [0.717, 1.165) is 84.1 Å². The zero-order chi connectivity index (χ0) is 23.8. The second-order valence-electron chi connectivity index (χ2n) is 9.25. The smallest absolute Gasteiger partial charge is 0.188 e. The number of hydrogen-bond acceptors (Lipinski definition) is 8. The van der Waals surface area contributed by atoms with Gasteiger partial charge in [-0.05, 0) is 50.1 Å². The van der Waals surface area contributed by atoms with Crippen molar-refractivity contribution in [2.24, 2.45) is 10.7 Å². The van der Waals surface area contributed by atoms with Crippen LogP contribution in [0, 0.1) is 0 Å². The predicted octanol–water partition coefficient (Wildman–Crippen LogP) is 4.43. The molecule has 0 aliphatic carbocycles. The van der Waals surface area contributed by atoms with E-state index in [1.54, 1.807) is 12.4 Å². The van der Waals surface area contributed by atoms with E-state index in [1.807, 2.05) is 18.2 Å². The number of piperazine rings is 1. The van der Waals surface area contributed by atoms with Gasteiger partial charge in [0, 0.05) is 55.1 Å². The number of nitrogens with two attached hydrogens (primary N) is 1. The number of para-hydroxylation sites is 1. The fourth-order valence-electron chi connectivity index (χ4n) is 5.05. The van der Waals surface area contributed by atoms with Gasteiger partial charge in [-0.3, -0.25) is 14.7 Å². The number of pyridine rings is 2. The first-order valence-corrected chi connectivity index (χ1v) is 13.1. The lowest BCUT2D eigenvalue weighted by molar-refractivity contribution is 0.0984. The van der Waals surface area contributed by atoms with Gasteiger partial charge in [0.15, 0.2) is 5.78 Å². The van der Waals surface area contributed by atoms with Gasteiger partial charge in [0.25, 0.3) is 0 Å². The van der Waals surface area contributed by atoms with E-state index in [9.17, 15) is 4.79 Å². The van der Waals surface area contributed by atoms with Gasteiger partial charge >= 0.3 is 0 Å². The van der Waals surface area contributed by atoms with Crippen molar-refractivity contribution < 1.29 is 4.79 Å². The summed E-state index contributed by atoms with van der Waals surface area (Å²) in [6.45, 7) is 5.09. The number of carbonyl (C=O) groups is 1. The van der Waals surface area contributed by atoms with Crippen molar-refractivity contribution in [3.63, 3.8) is 0 Å². The highest BCUT2D eigenvalue weighted by Crippen LogP contribution is 2.40. The van der Waals surface area contributed by atoms with Gasteiger partial charge in [-0.15, -0.1) is 11.3 Å². The van der Waals surface area contributed by atoms with Crippen molar-refractivity contribution in [3.05, 3.63) is 60.4 Å². The van der Waals surface area contributed by atoms with Gasteiger partial charge in [-0.25, -0.2) is 9.98 Å². The first kappa shape index (κ1) is 22.3. The Bertz CT molecular complexity index is 1420. The van der Waals surface area contributed by atoms with E-state index in [2.05, 4.69) is 39.0 Å². The van der Waals surface area contributed by atoms with Gasteiger partial charge in [-0.2, -0.15) is 0 Å². The molecule has 0 saturated carbocycles. The maximum atomic E-state index is 13.0. The summed E-state index contributed by atoms with van der Waals surface area (Å²) in [4.78, 5) is 31.7. The molecule has 178 valence electrons. The molecule has 1 saturated heterocycles. The minimum atomic E-state index is -0.633. The summed E-state index contributed by atoms with van der Waals surface area (Å²) in [5, 5.41) is 2.88. The molecule has 0 amide bonds. The maximum absolute atomic E-state index is 13.0. The number of unbranched alkanes of at least 4 members (excludes halogenated alkanes) is 1. The first-order valence-electron chi connectivity index (χ1n) is 12.2. The van der Waals surface area contributed by atoms with Crippen LogP contribution in [0.4, 0.5) is 10.8 Å². The Kier molecular flexibility index (Phi) is 6.01. The van der Waals surface area contributed by atoms with Crippen molar-refractivity contribution >= 4 is 54.6 Å². The number of aromatic nitrogens is 2. The van der Waals surface area contributed by atoms with Gasteiger partial charge in [0.2, 0.25) is 0 Å². The molecule has 2 N–H and O–H groups in total. The predicted molar refractivity (Wildman–Crippen MR) is 143 cm³/mol. The molecular formula is C27H28N6OS. The Morgan fingerprint density at radius 1 is 1.03 bits per heavy atom. The molecule has 5 heterocycles. The number of nitrogens with zero attached hydrogens (tertiary/aromatic N) is 5. The van der Waals surface area contributed by atoms with Crippen LogP contribution in [0.5, 0.6) is 0 Å². The summed E-state index contributed by atoms with van der Waals surface area (Å²) >= 11 is 1.53. The van der Waals surface area contributed by atoms with Crippen LogP contribution in [0.1, 0.15) is 29.6 Å². The summed E-state index contributed by atoms with van der Waals surface area (Å²) in [6, 6.07) is 13.8. The summed E-state index contributed by atoms with van der Waals surface area (Å²) < 4.78 is 0.987. The number of fused-ring (bicyclic) bond motifs is 4. The normalized spacial score (nSPS) is 18.8. The second-order valence-corrected chi connectivity index (χ2v) is 10.3. The molecular weight excluding hydrogens is 456 g/mol. The fourth-order valence-corrected chi connectivity index (χ4v) is 6.12. The van der Waals surface area contributed by atoms with E-state index in [0.29, 0.717) is 5.56 Å². The van der Waals surface area contributed by atoms with E-state index in [4.69, 9.17) is 15.7 Å². The van der Waals surface area contributed by atoms with Gasteiger partial charge < -0.3 is 10.6 Å². The number of ketones is 1. The van der Waals surface area contributed by atoms with Gasteiger partial charge in [0.05, 0.1) is 15.8 Å². The minimum Gasteiger partial charge on any atom is -0.354 e. The Morgan fingerprint density at radius 2 is 1.89 bits per heavy atom. The molecule has 2 aliphatic heterocycles. The lowest BCUT2D eigenvalue weighted by Gasteiger charge is -2.35. The first-order chi connectivity index (χ1) is 17.2. The number of rotatable bonds is 6. The SMILES string of the molecule is NC1C(=O)c2c(sc3cnccc23)N=C1CCCCN1CCN(c2ccc3ccccc3n2)CC1. The van der Waals surface area contributed by atoms with E-state index in [1.165, 1.54) is 16.7 Å². The monoisotopic (exact) mass is 484 g/mol. The van der Waals surface area contributed by atoms with Gasteiger partial charge in [0.1, 0.15) is 16.9 Å². The largest absolute Gasteiger partial charge is 0.354 e. The van der Waals surface area contributed by atoms with Crippen LogP contribution in [-0.2, 0) is 0 Å². The summed E-state index contributed by atoms with van der Waals surface area (Å²) in [5.74, 6) is 1.05. The molecule has 6 rings (SSSR count). The minimum absolute atomic E-state index is 0.0131. The molecule has 1 atom stereocenters. The lowest BCUT2D eigenvalue weighted by Crippen LogP contribution is -2.47. The van der Waals surface area contributed by atoms with Crippen LogP contribution in [0.2, 0.25) is 0 Å². The summed E-state index contributed by atoms with van der Waals surface area (Å²) in [6.07, 6.45) is 6.32. The third-order valence-corrected chi connectivity index (χ3v) is 8.08. The van der Waals surface area contributed by atoms with Crippen molar-refractivity contribution in [2.75, 3.05) is 37.6 Å². The Hall–Kier alpha value is -3.20. The standard InChI is InChI=1S/C27H28N6OS/c28-25-21(31-27-24(26(25)34)19-10-11-29-17-22(19)35-27)7-3-4-12-32-13-15-33(16-14-32)23-9-8-18-5-1-2-6-20(18)30-23/h1-2,5-6,8-11,17,25H,3-4,7,12-16,28H2. The average molecular weight is 485 g/mol. The highest BCUT2D eigenvalue weighted by molar-refractivity contribution is 7.23. The molecule has 4 aromatic rings. The number of benzene rings is 1. The second kappa shape index (κ2) is 9.45. The molecule has 1 fully saturated rings. The van der Waals surface area contributed by atoms with Crippen molar-refractivity contribution in [1.29, 1.82) is 0 Å². The van der Waals surface area contributed by atoms with Crippen LogP contribution in [-0.4, -0.2) is 65.1 Å². The van der Waals surface area contributed by atoms with Crippen LogP contribution >= 0.6 is 11.3 Å². The number of thiophene rings is 1. The number of hydrogen-bond donors (Lipinski definition) is 1. The van der Waals surface area contributed by atoms with E-state index < -0.39 is 6.04 Å². The third kappa shape index (κ3) is 4.33. The highest BCUT2D eigenvalue weighted by atomic mass is 32.1.